The second kappa shape index (κ2) is 6.28. The first-order valence-electron chi connectivity index (χ1n) is 5.90. The molecule has 2 atom stereocenters. The molecule has 0 heterocycles. The SMILES string of the molecule is COc1ccc(CCC(C)C(C)C(=O)O)cc1. The number of hydrogen-bond acceptors (Lipinski definition) is 2. The minimum Gasteiger partial charge on any atom is -0.497 e. The van der Waals surface area contributed by atoms with Crippen molar-refractivity contribution >= 4 is 5.97 Å². The largest absolute Gasteiger partial charge is 0.497 e. The van der Waals surface area contributed by atoms with Crippen LogP contribution in [-0.4, -0.2) is 18.2 Å². The number of carboxylic acid groups (broad SMARTS) is 1. The Bertz CT molecular complexity index is 356. The lowest BCUT2D eigenvalue weighted by atomic mass is 9.90. The predicted octanol–water partition coefficient (Wildman–Crippen LogP) is 2.98. The third-order valence-electron chi connectivity index (χ3n) is 3.29. The van der Waals surface area contributed by atoms with Gasteiger partial charge in [-0.05, 0) is 36.5 Å². The molecule has 0 aliphatic rings. The summed E-state index contributed by atoms with van der Waals surface area (Å²) < 4.78 is 5.09. The average molecular weight is 236 g/mol. The van der Waals surface area contributed by atoms with Crippen LogP contribution in [0.4, 0.5) is 0 Å². The molecule has 3 heteroatoms. The van der Waals surface area contributed by atoms with Crippen molar-refractivity contribution in [3.05, 3.63) is 29.8 Å². The van der Waals surface area contributed by atoms with Crippen molar-refractivity contribution in [2.24, 2.45) is 11.8 Å². The van der Waals surface area contributed by atoms with E-state index >= 15 is 0 Å². The third-order valence-corrected chi connectivity index (χ3v) is 3.29. The zero-order valence-electron chi connectivity index (χ0n) is 10.6. The van der Waals surface area contributed by atoms with E-state index in [1.165, 1.54) is 5.56 Å². The van der Waals surface area contributed by atoms with E-state index in [1.807, 2.05) is 31.2 Å². The van der Waals surface area contributed by atoms with Crippen molar-refractivity contribution in [3.8, 4) is 5.75 Å². The fourth-order valence-electron chi connectivity index (χ4n) is 1.68. The minimum absolute atomic E-state index is 0.189. The van der Waals surface area contributed by atoms with E-state index < -0.39 is 5.97 Å². The number of aryl methyl sites for hydroxylation is 1. The molecule has 0 aromatic heterocycles. The monoisotopic (exact) mass is 236 g/mol. The molecule has 0 amide bonds. The topological polar surface area (TPSA) is 46.5 Å². The van der Waals surface area contributed by atoms with E-state index in [4.69, 9.17) is 9.84 Å². The lowest BCUT2D eigenvalue weighted by Crippen LogP contribution is -2.18. The zero-order chi connectivity index (χ0) is 12.8. The summed E-state index contributed by atoms with van der Waals surface area (Å²) in [5.74, 6) is 0.0378. The van der Waals surface area contributed by atoms with Crippen molar-refractivity contribution in [2.75, 3.05) is 7.11 Å². The number of aliphatic carboxylic acids is 1. The van der Waals surface area contributed by atoms with Crippen molar-refractivity contribution < 1.29 is 14.6 Å². The normalized spacial score (nSPS) is 14.1. The first-order chi connectivity index (χ1) is 8.04. The number of carbonyl (C=O) groups is 1. The number of rotatable bonds is 6. The second-order valence-corrected chi connectivity index (χ2v) is 4.49. The van der Waals surface area contributed by atoms with E-state index in [0.29, 0.717) is 0 Å². The van der Waals surface area contributed by atoms with E-state index in [-0.39, 0.29) is 11.8 Å². The van der Waals surface area contributed by atoms with E-state index in [0.717, 1.165) is 18.6 Å². The molecule has 17 heavy (non-hydrogen) atoms. The van der Waals surface area contributed by atoms with Crippen molar-refractivity contribution in [1.82, 2.24) is 0 Å². The van der Waals surface area contributed by atoms with Crippen LogP contribution >= 0.6 is 0 Å². The van der Waals surface area contributed by atoms with Gasteiger partial charge in [-0.25, -0.2) is 0 Å². The summed E-state index contributed by atoms with van der Waals surface area (Å²) in [5.41, 5.74) is 1.22. The summed E-state index contributed by atoms with van der Waals surface area (Å²) in [4.78, 5) is 10.8. The summed E-state index contributed by atoms with van der Waals surface area (Å²) in [6, 6.07) is 7.91. The molecule has 0 aliphatic carbocycles. The van der Waals surface area contributed by atoms with Gasteiger partial charge in [0.25, 0.3) is 0 Å². The van der Waals surface area contributed by atoms with Gasteiger partial charge in [-0.3, -0.25) is 4.79 Å². The summed E-state index contributed by atoms with van der Waals surface area (Å²) >= 11 is 0. The highest BCUT2D eigenvalue weighted by Crippen LogP contribution is 2.19. The molecule has 1 aromatic rings. The molecule has 1 aromatic carbocycles. The Hall–Kier alpha value is -1.51. The van der Waals surface area contributed by atoms with Gasteiger partial charge < -0.3 is 9.84 Å². The van der Waals surface area contributed by atoms with Crippen LogP contribution < -0.4 is 4.74 Å². The Morgan fingerprint density at radius 1 is 1.29 bits per heavy atom. The lowest BCUT2D eigenvalue weighted by molar-refractivity contribution is -0.142. The number of benzene rings is 1. The van der Waals surface area contributed by atoms with Crippen molar-refractivity contribution in [2.45, 2.75) is 26.7 Å². The highest BCUT2D eigenvalue weighted by molar-refractivity contribution is 5.69. The number of hydrogen-bond donors (Lipinski definition) is 1. The molecule has 3 nitrogen and oxygen atoms in total. The molecular formula is C14H20O3. The molecule has 0 fully saturated rings. The Balaban J connectivity index is 2.47. The fourth-order valence-corrected chi connectivity index (χ4v) is 1.68. The molecule has 0 spiro atoms. The van der Waals surface area contributed by atoms with Crippen LogP contribution in [0.15, 0.2) is 24.3 Å². The van der Waals surface area contributed by atoms with E-state index in [2.05, 4.69) is 0 Å². The third kappa shape index (κ3) is 4.10. The average Bonchev–Trinajstić information content (AvgIpc) is 2.35. The van der Waals surface area contributed by atoms with Gasteiger partial charge in [0.2, 0.25) is 0 Å². The Morgan fingerprint density at radius 2 is 1.88 bits per heavy atom. The van der Waals surface area contributed by atoms with Gasteiger partial charge in [0.1, 0.15) is 5.75 Å². The summed E-state index contributed by atoms with van der Waals surface area (Å²) in [6.45, 7) is 3.75. The van der Waals surface area contributed by atoms with Crippen LogP contribution in [0.25, 0.3) is 0 Å². The maximum atomic E-state index is 10.8. The predicted molar refractivity (Wildman–Crippen MR) is 67.3 cm³/mol. The molecule has 0 aliphatic heterocycles. The fraction of sp³-hybridized carbons (Fsp3) is 0.500. The number of methoxy groups -OCH3 is 1. The molecule has 0 radical (unpaired) electrons. The van der Waals surface area contributed by atoms with E-state index in [9.17, 15) is 4.79 Å². The highest BCUT2D eigenvalue weighted by Gasteiger charge is 2.18. The summed E-state index contributed by atoms with van der Waals surface area (Å²) in [6.07, 6.45) is 1.79. The highest BCUT2D eigenvalue weighted by atomic mass is 16.5. The molecule has 0 saturated carbocycles. The molecule has 2 unspecified atom stereocenters. The Morgan fingerprint density at radius 3 is 2.35 bits per heavy atom. The van der Waals surface area contributed by atoms with Crippen LogP contribution in [0.5, 0.6) is 5.75 Å². The molecule has 94 valence electrons. The first kappa shape index (κ1) is 13.6. The number of carboxylic acids is 1. The van der Waals surface area contributed by atoms with Gasteiger partial charge in [0.15, 0.2) is 0 Å². The maximum Gasteiger partial charge on any atom is 0.306 e. The zero-order valence-corrected chi connectivity index (χ0v) is 10.6. The molecule has 1 N–H and O–H groups in total. The Kier molecular flexibility index (Phi) is 5.01. The number of ether oxygens (including phenoxy) is 1. The van der Waals surface area contributed by atoms with Crippen LogP contribution in [0, 0.1) is 11.8 Å². The van der Waals surface area contributed by atoms with E-state index in [1.54, 1.807) is 14.0 Å². The van der Waals surface area contributed by atoms with Crippen LogP contribution in [0.1, 0.15) is 25.8 Å². The van der Waals surface area contributed by atoms with Gasteiger partial charge in [-0.15, -0.1) is 0 Å². The molecule has 0 bridgehead atoms. The standard InChI is InChI=1S/C14H20O3/c1-10(11(2)14(15)16)4-5-12-6-8-13(17-3)9-7-12/h6-11H,4-5H2,1-3H3,(H,15,16). The van der Waals surface area contributed by atoms with Gasteiger partial charge in [-0.1, -0.05) is 26.0 Å². The molecule has 1 rings (SSSR count). The summed E-state index contributed by atoms with van der Waals surface area (Å²) in [5, 5.41) is 8.90. The Labute approximate surface area is 102 Å². The smallest absolute Gasteiger partial charge is 0.306 e. The summed E-state index contributed by atoms with van der Waals surface area (Å²) in [7, 11) is 1.64. The lowest BCUT2D eigenvalue weighted by Gasteiger charge is -2.15. The van der Waals surface area contributed by atoms with Gasteiger partial charge in [-0.2, -0.15) is 0 Å². The van der Waals surface area contributed by atoms with Crippen molar-refractivity contribution in [3.63, 3.8) is 0 Å². The molecule has 0 saturated heterocycles. The minimum atomic E-state index is -0.716. The van der Waals surface area contributed by atoms with Crippen LogP contribution in [-0.2, 0) is 11.2 Å². The van der Waals surface area contributed by atoms with Gasteiger partial charge in [0.05, 0.1) is 13.0 Å². The maximum absolute atomic E-state index is 10.8. The van der Waals surface area contributed by atoms with Crippen LogP contribution in [0.3, 0.4) is 0 Å². The quantitative estimate of drug-likeness (QED) is 0.826. The first-order valence-corrected chi connectivity index (χ1v) is 5.90. The van der Waals surface area contributed by atoms with Gasteiger partial charge in [0, 0.05) is 0 Å². The van der Waals surface area contributed by atoms with Gasteiger partial charge >= 0.3 is 5.97 Å². The molecular weight excluding hydrogens is 216 g/mol. The van der Waals surface area contributed by atoms with Crippen molar-refractivity contribution in [1.29, 1.82) is 0 Å². The second-order valence-electron chi connectivity index (χ2n) is 4.49. The van der Waals surface area contributed by atoms with Crippen LogP contribution in [0.2, 0.25) is 0 Å².